The minimum atomic E-state index is -3.61. The number of aromatic nitrogens is 1. The maximum atomic E-state index is 12.2. The molecule has 0 unspecified atom stereocenters. The zero-order chi connectivity index (χ0) is 14.9. The van der Waals surface area contributed by atoms with Crippen molar-refractivity contribution < 1.29 is 12.9 Å². The second kappa shape index (κ2) is 5.26. The van der Waals surface area contributed by atoms with Crippen LogP contribution in [0.15, 0.2) is 27.6 Å². The Morgan fingerprint density at radius 2 is 1.95 bits per heavy atom. The van der Waals surface area contributed by atoms with Crippen LogP contribution in [-0.2, 0) is 16.6 Å². The van der Waals surface area contributed by atoms with E-state index in [0.717, 1.165) is 11.1 Å². The lowest BCUT2D eigenvalue weighted by molar-refractivity contribution is 0.392. The third-order valence-electron chi connectivity index (χ3n) is 3.00. The van der Waals surface area contributed by atoms with Gasteiger partial charge in [-0.2, -0.15) is 0 Å². The number of nitrogen functional groups attached to an aromatic ring is 1. The van der Waals surface area contributed by atoms with Crippen molar-refractivity contribution in [3.8, 4) is 0 Å². The van der Waals surface area contributed by atoms with Crippen molar-refractivity contribution in [3.05, 3.63) is 40.8 Å². The van der Waals surface area contributed by atoms with Gasteiger partial charge in [0.25, 0.3) is 0 Å². The highest BCUT2D eigenvalue weighted by Crippen LogP contribution is 2.18. The fourth-order valence-electron chi connectivity index (χ4n) is 1.94. The van der Waals surface area contributed by atoms with Crippen LogP contribution < -0.4 is 10.5 Å². The van der Waals surface area contributed by atoms with E-state index in [2.05, 4.69) is 9.88 Å². The van der Waals surface area contributed by atoms with Crippen LogP contribution in [0.4, 0.5) is 5.69 Å². The van der Waals surface area contributed by atoms with Crippen molar-refractivity contribution in [2.45, 2.75) is 32.2 Å². The van der Waals surface area contributed by atoms with E-state index < -0.39 is 10.0 Å². The predicted octanol–water partition coefficient (Wildman–Crippen LogP) is 1.66. The number of nitrogens with zero attached hydrogens (tertiary/aromatic N) is 1. The average molecular weight is 295 g/mol. The van der Waals surface area contributed by atoms with Crippen LogP contribution in [-0.4, -0.2) is 13.6 Å². The maximum absolute atomic E-state index is 12.2. The second-order valence-corrected chi connectivity index (χ2v) is 6.47. The number of rotatable bonds is 4. The van der Waals surface area contributed by atoms with Crippen molar-refractivity contribution in [1.29, 1.82) is 0 Å². The summed E-state index contributed by atoms with van der Waals surface area (Å²) < 4.78 is 32.0. The van der Waals surface area contributed by atoms with E-state index in [1.165, 1.54) is 6.07 Å². The smallest absolute Gasteiger partial charge is 0.240 e. The molecule has 0 saturated carbocycles. The molecule has 1 aromatic carbocycles. The van der Waals surface area contributed by atoms with E-state index in [0.29, 0.717) is 17.1 Å². The van der Waals surface area contributed by atoms with Crippen molar-refractivity contribution in [2.24, 2.45) is 0 Å². The highest BCUT2D eigenvalue weighted by Gasteiger charge is 2.17. The second-order valence-electron chi connectivity index (χ2n) is 4.71. The first kappa shape index (κ1) is 14.5. The Morgan fingerprint density at radius 3 is 2.50 bits per heavy atom. The van der Waals surface area contributed by atoms with Gasteiger partial charge in [-0.3, -0.25) is 0 Å². The Hall–Kier alpha value is -1.86. The molecule has 0 aliphatic heterocycles. The standard InChI is InChI=1S/C13H17N3O3S/c1-8-4-11(14)6-12(5-8)20(17,18)15-7-13-9(2)16-19-10(13)3/h4-6,15H,7,14H2,1-3H3. The molecular formula is C13H17N3O3S. The van der Waals surface area contributed by atoms with Crippen LogP contribution in [0.25, 0.3) is 0 Å². The Kier molecular flexibility index (Phi) is 3.82. The van der Waals surface area contributed by atoms with Crippen LogP contribution >= 0.6 is 0 Å². The maximum Gasteiger partial charge on any atom is 0.240 e. The molecule has 0 saturated heterocycles. The molecule has 108 valence electrons. The number of aryl methyl sites for hydroxylation is 3. The molecule has 0 aliphatic rings. The highest BCUT2D eigenvalue weighted by atomic mass is 32.2. The molecule has 0 radical (unpaired) electrons. The van der Waals surface area contributed by atoms with Gasteiger partial charge in [0.15, 0.2) is 0 Å². The molecule has 3 N–H and O–H groups in total. The quantitative estimate of drug-likeness (QED) is 0.836. The summed E-state index contributed by atoms with van der Waals surface area (Å²) in [5, 5.41) is 3.79. The summed E-state index contributed by atoms with van der Waals surface area (Å²) in [6.07, 6.45) is 0. The van der Waals surface area contributed by atoms with Gasteiger partial charge in [0.2, 0.25) is 10.0 Å². The van der Waals surface area contributed by atoms with E-state index in [9.17, 15) is 8.42 Å². The van der Waals surface area contributed by atoms with E-state index >= 15 is 0 Å². The summed E-state index contributed by atoms with van der Waals surface area (Å²) in [6, 6.07) is 4.72. The van der Waals surface area contributed by atoms with Gasteiger partial charge < -0.3 is 10.3 Å². The summed E-state index contributed by atoms with van der Waals surface area (Å²) in [5.74, 6) is 0.606. The lowest BCUT2D eigenvalue weighted by atomic mass is 10.2. The van der Waals surface area contributed by atoms with Crippen LogP contribution in [0.5, 0.6) is 0 Å². The summed E-state index contributed by atoms with van der Waals surface area (Å²) in [7, 11) is -3.61. The minimum Gasteiger partial charge on any atom is -0.399 e. The minimum absolute atomic E-state index is 0.136. The van der Waals surface area contributed by atoms with Crippen LogP contribution in [0.1, 0.15) is 22.6 Å². The number of nitrogens with one attached hydrogen (secondary N) is 1. The van der Waals surface area contributed by atoms with Gasteiger partial charge in [0.1, 0.15) is 5.76 Å². The number of sulfonamides is 1. The summed E-state index contributed by atoms with van der Waals surface area (Å²) in [4.78, 5) is 0.154. The number of hydrogen-bond acceptors (Lipinski definition) is 5. The Morgan fingerprint density at radius 1 is 1.25 bits per heavy atom. The zero-order valence-corrected chi connectivity index (χ0v) is 12.4. The third kappa shape index (κ3) is 3.00. The lowest BCUT2D eigenvalue weighted by Crippen LogP contribution is -2.24. The highest BCUT2D eigenvalue weighted by molar-refractivity contribution is 7.89. The molecule has 6 nitrogen and oxygen atoms in total. The Bertz CT molecular complexity index is 696. The van der Waals surface area contributed by atoms with Crippen LogP contribution in [0, 0.1) is 20.8 Å². The first-order valence-corrected chi connectivity index (χ1v) is 7.56. The zero-order valence-electron chi connectivity index (χ0n) is 11.6. The van der Waals surface area contributed by atoms with E-state index in [1.807, 2.05) is 0 Å². The lowest BCUT2D eigenvalue weighted by Gasteiger charge is -2.08. The number of hydrogen-bond donors (Lipinski definition) is 2. The molecule has 0 spiro atoms. The Balaban J connectivity index is 2.24. The van der Waals surface area contributed by atoms with Crippen molar-refractivity contribution in [3.63, 3.8) is 0 Å². The molecule has 20 heavy (non-hydrogen) atoms. The summed E-state index contributed by atoms with van der Waals surface area (Å²) in [5.41, 5.74) is 8.31. The molecule has 0 fully saturated rings. The SMILES string of the molecule is Cc1cc(N)cc(S(=O)(=O)NCc2c(C)noc2C)c1. The first-order chi connectivity index (χ1) is 9.29. The molecule has 1 aromatic heterocycles. The van der Waals surface area contributed by atoms with Gasteiger partial charge in [-0.25, -0.2) is 13.1 Å². The molecule has 0 bridgehead atoms. The molecule has 2 aromatic rings. The molecule has 0 amide bonds. The first-order valence-electron chi connectivity index (χ1n) is 6.08. The van der Waals surface area contributed by atoms with Crippen molar-refractivity contribution in [2.75, 3.05) is 5.73 Å². The molecular weight excluding hydrogens is 278 g/mol. The number of benzene rings is 1. The van der Waals surface area contributed by atoms with Crippen molar-refractivity contribution >= 4 is 15.7 Å². The van der Waals surface area contributed by atoms with E-state index in [4.69, 9.17) is 10.3 Å². The summed E-state index contributed by atoms with van der Waals surface area (Å²) >= 11 is 0. The third-order valence-corrected chi connectivity index (χ3v) is 4.38. The average Bonchev–Trinajstić information content (AvgIpc) is 2.65. The van der Waals surface area contributed by atoms with Gasteiger partial charge in [0, 0.05) is 17.8 Å². The van der Waals surface area contributed by atoms with Crippen molar-refractivity contribution in [1.82, 2.24) is 9.88 Å². The Labute approximate surface area is 118 Å². The molecule has 2 rings (SSSR count). The molecule has 7 heteroatoms. The molecule has 0 atom stereocenters. The fraction of sp³-hybridized carbons (Fsp3) is 0.308. The predicted molar refractivity (Wildman–Crippen MR) is 75.6 cm³/mol. The van der Waals surface area contributed by atoms with Crippen LogP contribution in [0.2, 0.25) is 0 Å². The fourth-order valence-corrected chi connectivity index (χ4v) is 3.07. The normalized spacial score (nSPS) is 11.8. The van der Waals surface area contributed by atoms with Gasteiger partial charge in [0.05, 0.1) is 10.6 Å². The molecule has 0 aliphatic carbocycles. The van der Waals surface area contributed by atoms with Gasteiger partial charge in [-0.05, 0) is 44.5 Å². The van der Waals surface area contributed by atoms with Gasteiger partial charge >= 0.3 is 0 Å². The largest absolute Gasteiger partial charge is 0.399 e. The van der Waals surface area contributed by atoms with Gasteiger partial charge in [-0.1, -0.05) is 5.16 Å². The van der Waals surface area contributed by atoms with E-state index in [-0.39, 0.29) is 11.4 Å². The number of nitrogens with two attached hydrogens (primary N) is 1. The topological polar surface area (TPSA) is 98.2 Å². The summed E-state index contributed by atoms with van der Waals surface area (Å²) in [6.45, 7) is 5.44. The van der Waals surface area contributed by atoms with E-state index in [1.54, 1.807) is 32.9 Å². The van der Waals surface area contributed by atoms with Gasteiger partial charge in [-0.15, -0.1) is 0 Å². The number of anilines is 1. The monoisotopic (exact) mass is 295 g/mol. The van der Waals surface area contributed by atoms with Crippen LogP contribution in [0.3, 0.4) is 0 Å². The molecule has 1 heterocycles.